The molecular formula is C28H31FN8O3S. The number of aromatic nitrogens is 5. The highest BCUT2D eigenvalue weighted by Gasteiger charge is 2.25. The highest BCUT2D eigenvalue weighted by Crippen LogP contribution is 2.28. The van der Waals surface area contributed by atoms with Crippen LogP contribution in [0.2, 0.25) is 0 Å². The second-order valence-electron chi connectivity index (χ2n) is 10.5. The van der Waals surface area contributed by atoms with Crippen molar-refractivity contribution in [3.8, 4) is 17.2 Å². The highest BCUT2D eigenvalue weighted by atomic mass is 32.2. The van der Waals surface area contributed by atoms with Gasteiger partial charge in [0.25, 0.3) is 0 Å². The number of ether oxygens (including phenoxy) is 1. The number of furan rings is 1. The van der Waals surface area contributed by atoms with E-state index in [2.05, 4.69) is 24.9 Å². The largest absolute Gasteiger partial charge is 0.616 e. The second kappa shape index (κ2) is 10.9. The van der Waals surface area contributed by atoms with E-state index in [9.17, 15) is 4.55 Å². The molecule has 2 aliphatic rings. The Bertz CT molecular complexity index is 1660. The fraction of sp³-hybridized carbons (Fsp3) is 0.393. The molecule has 13 heteroatoms. The summed E-state index contributed by atoms with van der Waals surface area (Å²) in [6.07, 6.45) is 4.90. The number of rotatable bonds is 7. The Balaban J connectivity index is 0.972. The lowest BCUT2D eigenvalue weighted by Gasteiger charge is -2.36. The Morgan fingerprint density at radius 2 is 1.93 bits per heavy atom. The van der Waals surface area contributed by atoms with Gasteiger partial charge < -0.3 is 28.9 Å². The summed E-state index contributed by atoms with van der Waals surface area (Å²) in [5.41, 5.74) is 9.74. The van der Waals surface area contributed by atoms with Gasteiger partial charge in [0, 0.05) is 58.2 Å². The number of nitrogens with two attached hydrogens (primary N) is 1. The van der Waals surface area contributed by atoms with Crippen molar-refractivity contribution in [2.24, 2.45) is 0 Å². The van der Waals surface area contributed by atoms with Gasteiger partial charge in [0.15, 0.2) is 11.4 Å². The molecule has 0 spiro atoms. The number of benzene rings is 1. The van der Waals surface area contributed by atoms with Gasteiger partial charge in [0.2, 0.25) is 5.95 Å². The molecule has 0 atom stereocenters. The number of hydrogen-bond donors (Lipinski definition) is 1. The van der Waals surface area contributed by atoms with Crippen LogP contribution >= 0.6 is 0 Å². The molecule has 0 aliphatic carbocycles. The number of nitrogen functional groups attached to an aromatic ring is 1. The van der Waals surface area contributed by atoms with Gasteiger partial charge in [-0.15, -0.1) is 0 Å². The number of halogens is 1. The van der Waals surface area contributed by atoms with E-state index >= 15 is 4.39 Å². The van der Waals surface area contributed by atoms with Crippen molar-refractivity contribution in [2.75, 3.05) is 54.9 Å². The lowest BCUT2D eigenvalue weighted by Crippen LogP contribution is -2.47. The molecule has 0 saturated carbocycles. The van der Waals surface area contributed by atoms with Crippen LogP contribution in [0.4, 0.5) is 16.0 Å². The van der Waals surface area contributed by atoms with Crippen LogP contribution in [0.5, 0.6) is 5.75 Å². The van der Waals surface area contributed by atoms with Crippen molar-refractivity contribution < 1.29 is 18.1 Å². The maximum Gasteiger partial charge on any atom is 0.223 e. The van der Waals surface area contributed by atoms with E-state index in [1.807, 2.05) is 34.9 Å². The SMILES string of the molecule is Nc1nc2c(ncn2CCN2CCN(c3ccc(O[C@H]4CC[S@@+]([O-])CC4)cc3F)CC2)c2cc(-c3ccco3)nn12. The number of anilines is 2. The van der Waals surface area contributed by atoms with Crippen LogP contribution in [-0.2, 0) is 17.7 Å². The summed E-state index contributed by atoms with van der Waals surface area (Å²) < 4.78 is 41.7. The normalized spacial score (nSPS) is 20.3. The summed E-state index contributed by atoms with van der Waals surface area (Å²) in [5, 5.41) is 4.53. The molecule has 0 radical (unpaired) electrons. The Labute approximate surface area is 238 Å². The topological polar surface area (TPSA) is 126 Å². The molecule has 0 unspecified atom stereocenters. The van der Waals surface area contributed by atoms with Crippen molar-refractivity contribution in [1.29, 1.82) is 0 Å². The first-order chi connectivity index (χ1) is 20.0. The molecule has 1 aromatic carbocycles. The molecule has 6 heterocycles. The van der Waals surface area contributed by atoms with Crippen LogP contribution in [0.3, 0.4) is 0 Å². The molecule has 2 aliphatic heterocycles. The molecule has 5 aromatic rings. The number of nitrogens with zero attached hydrogens (tertiary/aromatic N) is 7. The second-order valence-corrected chi connectivity index (χ2v) is 12.2. The van der Waals surface area contributed by atoms with Crippen molar-refractivity contribution in [3.05, 3.63) is 54.8 Å². The van der Waals surface area contributed by atoms with E-state index in [4.69, 9.17) is 14.9 Å². The Morgan fingerprint density at radius 1 is 1.10 bits per heavy atom. The lowest BCUT2D eigenvalue weighted by atomic mass is 10.2. The predicted octanol–water partition coefficient (Wildman–Crippen LogP) is 3.17. The van der Waals surface area contributed by atoms with E-state index in [1.54, 1.807) is 17.1 Å². The van der Waals surface area contributed by atoms with Gasteiger partial charge in [0.05, 0.1) is 18.3 Å². The molecule has 4 aromatic heterocycles. The third-order valence-corrected chi connectivity index (χ3v) is 9.28. The minimum atomic E-state index is -0.744. The van der Waals surface area contributed by atoms with Gasteiger partial charge in [-0.3, -0.25) is 4.90 Å². The third-order valence-electron chi connectivity index (χ3n) is 7.90. The summed E-state index contributed by atoms with van der Waals surface area (Å²) in [5.74, 6) is 2.51. The number of hydrogen-bond acceptors (Lipinski definition) is 9. The van der Waals surface area contributed by atoms with E-state index in [1.165, 1.54) is 6.07 Å². The van der Waals surface area contributed by atoms with Crippen molar-refractivity contribution in [1.82, 2.24) is 29.0 Å². The Hall–Kier alpha value is -3.81. The molecular weight excluding hydrogens is 547 g/mol. The van der Waals surface area contributed by atoms with E-state index in [0.29, 0.717) is 46.6 Å². The number of imidazole rings is 1. The minimum Gasteiger partial charge on any atom is -0.616 e. The average Bonchev–Trinajstić information content (AvgIpc) is 3.74. The first kappa shape index (κ1) is 26.1. The van der Waals surface area contributed by atoms with Gasteiger partial charge in [-0.2, -0.15) is 14.6 Å². The smallest absolute Gasteiger partial charge is 0.223 e. The zero-order valence-electron chi connectivity index (χ0n) is 22.5. The molecule has 7 rings (SSSR count). The summed E-state index contributed by atoms with van der Waals surface area (Å²) >= 11 is -0.744. The Morgan fingerprint density at radius 3 is 2.68 bits per heavy atom. The zero-order valence-corrected chi connectivity index (χ0v) is 23.3. The van der Waals surface area contributed by atoms with E-state index in [-0.39, 0.29) is 17.9 Å². The van der Waals surface area contributed by atoms with Gasteiger partial charge >= 0.3 is 0 Å². The highest BCUT2D eigenvalue weighted by molar-refractivity contribution is 7.91. The van der Waals surface area contributed by atoms with Gasteiger partial charge in [0.1, 0.15) is 45.9 Å². The Kier molecular flexibility index (Phi) is 6.93. The maximum absolute atomic E-state index is 15.0. The third kappa shape index (κ3) is 5.20. The molecule has 2 fully saturated rings. The summed E-state index contributed by atoms with van der Waals surface area (Å²) in [6, 6.07) is 10.7. The van der Waals surface area contributed by atoms with Crippen LogP contribution in [0, 0.1) is 5.82 Å². The van der Waals surface area contributed by atoms with Crippen LogP contribution in [0.25, 0.3) is 28.1 Å². The first-order valence-corrected chi connectivity index (χ1v) is 15.3. The molecule has 0 bridgehead atoms. The van der Waals surface area contributed by atoms with Crippen LogP contribution in [0.15, 0.2) is 53.4 Å². The fourth-order valence-electron chi connectivity index (χ4n) is 5.62. The summed E-state index contributed by atoms with van der Waals surface area (Å²) in [6.45, 7) is 4.61. The van der Waals surface area contributed by atoms with E-state index in [0.717, 1.165) is 56.6 Å². The first-order valence-electron chi connectivity index (χ1n) is 13.8. The molecule has 2 N–H and O–H groups in total. The van der Waals surface area contributed by atoms with Gasteiger partial charge in [-0.1, -0.05) is 11.2 Å². The maximum atomic E-state index is 15.0. The quantitative estimate of drug-likeness (QED) is 0.290. The predicted molar refractivity (Wildman–Crippen MR) is 155 cm³/mol. The van der Waals surface area contributed by atoms with Crippen molar-refractivity contribution in [2.45, 2.75) is 25.5 Å². The van der Waals surface area contributed by atoms with Crippen molar-refractivity contribution in [3.63, 3.8) is 0 Å². The minimum absolute atomic E-state index is 0.00564. The standard InChI is InChI=1S/C28H31FN8O3S/c29-21-16-20(40-19-5-14-41(38)15-6-19)3-4-23(21)35-10-7-34(8-11-35)9-12-36-18-31-26-24-17-22(25-2-1-13-39-25)33-37(24)28(30)32-27(26)36/h1-4,13,16-19H,5-12,14-15H2,(H2,30,32)/t19-,41+. The molecule has 214 valence electrons. The number of fused-ring (bicyclic) bond motifs is 3. The zero-order chi connectivity index (χ0) is 27.9. The van der Waals surface area contributed by atoms with Crippen LogP contribution in [0.1, 0.15) is 12.8 Å². The van der Waals surface area contributed by atoms with Crippen LogP contribution in [-0.4, -0.2) is 83.9 Å². The van der Waals surface area contributed by atoms with Gasteiger partial charge in [-0.25, -0.2) is 9.37 Å². The number of piperazine rings is 1. The molecule has 11 nitrogen and oxygen atoms in total. The van der Waals surface area contributed by atoms with Gasteiger partial charge in [-0.05, 0) is 30.3 Å². The molecule has 0 amide bonds. The fourth-order valence-corrected chi connectivity index (χ4v) is 6.88. The summed E-state index contributed by atoms with van der Waals surface area (Å²) in [7, 11) is 0. The molecule has 2 saturated heterocycles. The van der Waals surface area contributed by atoms with Crippen LogP contribution < -0.4 is 15.4 Å². The lowest BCUT2D eigenvalue weighted by molar-refractivity contribution is 0.189. The summed E-state index contributed by atoms with van der Waals surface area (Å²) in [4.78, 5) is 13.6. The van der Waals surface area contributed by atoms with Crippen molar-refractivity contribution >= 4 is 39.5 Å². The van der Waals surface area contributed by atoms with E-state index < -0.39 is 11.2 Å². The monoisotopic (exact) mass is 578 g/mol. The molecule has 41 heavy (non-hydrogen) atoms. The average molecular weight is 579 g/mol.